The van der Waals surface area contributed by atoms with E-state index in [-0.39, 0.29) is 12.0 Å². The SMILES string of the molecule is O=C(NCCCn1nnc2ccccc21)[C@@H]1CCCCO1. The number of fused-ring (bicyclic) bond motifs is 1. The first-order valence-corrected chi connectivity index (χ1v) is 7.52. The Kier molecular flexibility index (Phi) is 4.45. The molecule has 112 valence electrons. The van der Waals surface area contributed by atoms with Crippen LogP contribution >= 0.6 is 0 Å². The minimum atomic E-state index is -0.258. The maximum Gasteiger partial charge on any atom is 0.249 e. The van der Waals surface area contributed by atoms with Crippen LogP contribution in [0.1, 0.15) is 25.7 Å². The lowest BCUT2D eigenvalue weighted by Gasteiger charge is -2.21. The van der Waals surface area contributed by atoms with Crippen molar-refractivity contribution < 1.29 is 9.53 Å². The summed E-state index contributed by atoms with van der Waals surface area (Å²) in [5.74, 6) is 0.0122. The zero-order valence-electron chi connectivity index (χ0n) is 12.0. The second kappa shape index (κ2) is 6.67. The Morgan fingerprint density at radius 1 is 1.38 bits per heavy atom. The molecule has 3 rings (SSSR count). The van der Waals surface area contributed by atoms with E-state index in [1.54, 1.807) is 0 Å². The van der Waals surface area contributed by atoms with Gasteiger partial charge in [-0.15, -0.1) is 5.10 Å². The Morgan fingerprint density at radius 3 is 3.14 bits per heavy atom. The largest absolute Gasteiger partial charge is 0.368 e. The number of carbonyl (C=O) groups excluding carboxylic acids is 1. The zero-order valence-corrected chi connectivity index (χ0v) is 12.0. The van der Waals surface area contributed by atoms with Crippen LogP contribution in [0.5, 0.6) is 0 Å². The number of hydrogen-bond acceptors (Lipinski definition) is 4. The molecule has 0 unspecified atom stereocenters. The van der Waals surface area contributed by atoms with Gasteiger partial charge in [-0.25, -0.2) is 4.68 Å². The Bertz CT molecular complexity index is 604. The summed E-state index contributed by atoms with van der Waals surface area (Å²) in [5.41, 5.74) is 1.93. The van der Waals surface area contributed by atoms with E-state index in [0.29, 0.717) is 13.2 Å². The van der Waals surface area contributed by atoms with Gasteiger partial charge in [-0.3, -0.25) is 4.79 Å². The molecule has 1 fully saturated rings. The van der Waals surface area contributed by atoms with Gasteiger partial charge in [-0.2, -0.15) is 0 Å². The fourth-order valence-corrected chi connectivity index (χ4v) is 2.58. The lowest BCUT2D eigenvalue weighted by atomic mass is 10.1. The van der Waals surface area contributed by atoms with Gasteiger partial charge in [-0.1, -0.05) is 17.3 Å². The Balaban J connectivity index is 1.44. The number of aryl methyl sites for hydroxylation is 1. The molecule has 1 saturated heterocycles. The molecule has 0 spiro atoms. The lowest BCUT2D eigenvalue weighted by Crippen LogP contribution is -2.38. The second-order valence-corrected chi connectivity index (χ2v) is 5.30. The summed E-state index contributed by atoms with van der Waals surface area (Å²) >= 11 is 0. The number of aromatic nitrogens is 3. The molecule has 6 nitrogen and oxygen atoms in total. The molecule has 0 aliphatic carbocycles. The van der Waals surface area contributed by atoms with Crippen molar-refractivity contribution in [1.82, 2.24) is 20.3 Å². The average Bonchev–Trinajstić information content (AvgIpc) is 2.95. The molecule has 21 heavy (non-hydrogen) atoms. The van der Waals surface area contributed by atoms with Gasteiger partial charge in [0, 0.05) is 19.7 Å². The first-order chi connectivity index (χ1) is 10.3. The maximum absolute atomic E-state index is 11.9. The minimum Gasteiger partial charge on any atom is -0.368 e. The molecule has 1 N–H and O–H groups in total. The van der Waals surface area contributed by atoms with Gasteiger partial charge in [-0.05, 0) is 37.8 Å². The van der Waals surface area contributed by atoms with Crippen LogP contribution in [-0.2, 0) is 16.1 Å². The first kappa shape index (κ1) is 14.0. The van der Waals surface area contributed by atoms with E-state index in [9.17, 15) is 4.79 Å². The van der Waals surface area contributed by atoms with E-state index in [0.717, 1.165) is 43.3 Å². The third-order valence-corrected chi connectivity index (χ3v) is 3.74. The summed E-state index contributed by atoms with van der Waals surface area (Å²) < 4.78 is 7.33. The first-order valence-electron chi connectivity index (χ1n) is 7.52. The maximum atomic E-state index is 11.9. The van der Waals surface area contributed by atoms with Crippen molar-refractivity contribution in [2.45, 2.75) is 38.3 Å². The highest BCUT2D eigenvalue weighted by atomic mass is 16.5. The van der Waals surface area contributed by atoms with Crippen molar-refractivity contribution in [1.29, 1.82) is 0 Å². The topological polar surface area (TPSA) is 69.0 Å². The normalized spacial score (nSPS) is 18.8. The molecule has 6 heteroatoms. The Labute approximate surface area is 123 Å². The van der Waals surface area contributed by atoms with E-state index in [1.807, 2.05) is 28.9 Å². The number of carbonyl (C=O) groups is 1. The Hall–Kier alpha value is -1.95. The van der Waals surface area contributed by atoms with Crippen molar-refractivity contribution in [2.75, 3.05) is 13.2 Å². The predicted molar refractivity (Wildman–Crippen MR) is 78.7 cm³/mol. The second-order valence-electron chi connectivity index (χ2n) is 5.30. The van der Waals surface area contributed by atoms with Crippen molar-refractivity contribution in [3.05, 3.63) is 24.3 Å². The monoisotopic (exact) mass is 288 g/mol. The smallest absolute Gasteiger partial charge is 0.249 e. The van der Waals surface area contributed by atoms with Crippen molar-refractivity contribution in [3.8, 4) is 0 Å². The van der Waals surface area contributed by atoms with E-state index >= 15 is 0 Å². The van der Waals surface area contributed by atoms with Crippen LogP contribution in [-0.4, -0.2) is 40.2 Å². The summed E-state index contributed by atoms with van der Waals surface area (Å²) in [6.45, 7) is 2.07. The molecule has 2 aromatic rings. The third-order valence-electron chi connectivity index (χ3n) is 3.74. The molecule has 1 aliphatic rings. The molecule has 1 aromatic carbocycles. The minimum absolute atomic E-state index is 0.0122. The summed E-state index contributed by atoms with van der Waals surface area (Å²) in [6, 6.07) is 7.88. The van der Waals surface area contributed by atoms with Crippen molar-refractivity contribution in [2.24, 2.45) is 0 Å². The number of hydrogen-bond donors (Lipinski definition) is 1. The van der Waals surface area contributed by atoms with Gasteiger partial charge < -0.3 is 10.1 Å². The molecule has 0 saturated carbocycles. The van der Waals surface area contributed by atoms with Crippen LogP contribution in [0.15, 0.2) is 24.3 Å². The number of nitrogens with one attached hydrogen (secondary N) is 1. The highest BCUT2D eigenvalue weighted by Gasteiger charge is 2.21. The fourth-order valence-electron chi connectivity index (χ4n) is 2.58. The van der Waals surface area contributed by atoms with Crippen LogP contribution in [0.3, 0.4) is 0 Å². The lowest BCUT2D eigenvalue weighted by molar-refractivity contribution is -0.135. The van der Waals surface area contributed by atoms with Crippen LogP contribution in [0, 0.1) is 0 Å². The fraction of sp³-hybridized carbons (Fsp3) is 0.533. The number of amides is 1. The molecule has 1 aliphatic heterocycles. The van der Waals surface area contributed by atoms with Crippen LogP contribution < -0.4 is 5.32 Å². The quantitative estimate of drug-likeness (QED) is 0.847. The number of nitrogens with zero attached hydrogens (tertiary/aromatic N) is 3. The van der Waals surface area contributed by atoms with Gasteiger partial charge in [0.25, 0.3) is 0 Å². The molecular weight excluding hydrogens is 268 g/mol. The van der Waals surface area contributed by atoms with Gasteiger partial charge >= 0.3 is 0 Å². The molecule has 1 aromatic heterocycles. The molecular formula is C15H20N4O2. The average molecular weight is 288 g/mol. The Morgan fingerprint density at radius 2 is 2.29 bits per heavy atom. The van der Waals surface area contributed by atoms with Crippen LogP contribution in [0.25, 0.3) is 11.0 Å². The number of ether oxygens (including phenoxy) is 1. The van der Waals surface area contributed by atoms with Crippen molar-refractivity contribution >= 4 is 16.9 Å². The third kappa shape index (κ3) is 3.39. The van der Waals surface area contributed by atoms with E-state index in [2.05, 4.69) is 15.6 Å². The van der Waals surface area contributed by atoms with Crippen molar-refractivity contribution in [3.63, 3.8) is 0 Å². The van der Waals surface area contributed by atoms with Crippen LogP contribution in [0.2, 0.25) is 0 Å². The van der Waals surface area contributed by atoms with E-state index < -0.39 is 0 Å². The predicted octanol–water partition coefficient (Wildman–Crippen LogP) is 1.51. The van der Waals surface area contributed by atoms with E-state index in [1.165, 1.54) is 0 Å². The number of rotatable bonds is 5. The number of benzene rings is 1. The number of para-hydroxylation sites is 1. The van der Waals surface area contributed by atoms with Gasteiger partial charge in [0.2, 0.25) is 5.91 Å². The molecule has 1 amide bonds. The summed E-state index contributed by atoms with van der Waals surface area (Å²) in [7, 11) is 0. The summed E-state index contributed by atoms with van der Waals surface area (Å²) in [5, 5.41) is 11.2. The van der Waals surface area contributed by atoms with Gasteiger partial charge in [0.15, 0.2) is 0 Å². The summed E-state index contributed by atoms with van der Waals surface area (Å²) in [4.78, 5) is 11.9. The van der Waals surface area contributed by atoms with E-state index in [4.69, 9.17) is 4.74 Å². The summed E-state index contributed by atoms with van der Waals surface area (Å²) in [6.07, 6.45) is 3.53. The van der Waals surface area contributed by atoms with Gasteiger partial charge in [0.05, 0.1) is 5.52 Å². The standard InChI is InChI=1S/C15H20N4O2/c20-15(14-8-3-4-11-21-14)16-9-5-10-19-13-7-2-1-6-12(13)17-18-19/h1-2,6-7,14H,3-5,8-11H2,(H,16,20)/t14-/m0/s1. The zero-order chi connectivity index (χ0) is 14.5. The molecule has 1 atom stereocenters. The van der Waals surface area contributed by atoms with Gasteiger partial charge in [0.1, 0.15) is 11.6 Å². The highest BCUT2D eigenvalue weighted by Crippen LogP contribution is 2.12. The molecule has 0 bridgehead atoms. The highest BCUT2D eigenvalue weighted by molar-refractivity contribution is 5.80. The molecule has 0 radical (unpaired) electrons. The van der Waals surface area contributed by atoms with Crippen LogP contribution in [0.4, 0.5) is 0 Å². The molecule has 2 heterocycles.